The van der Waals surface area contributed by atoms with E-state index in [9.17, 15) is 27.2 Å². The van der Waals surface area contributed by atoms with Crippen molar-refractivity contribution >= 4 is 68.2 Å². The maximum absolute atomic E-state index is 14.3. The van der Waals surface area contributed by atoms with E-state index in [2.05, 4.69) is 14.5 Å². The van der Waals surface area contributed by atoms with Gasteiger partial charge in [-0.3, -0.25) is 14.3 Å². The Balaban J connectivity index is 0.000000252. The molecule has 1 aliphatic rings. The zero-order valence-corrected chi connectivity index (χ0v) is 24.5. The minimum absolute atomic E-state index is 0.0536. The Kier molecular flexibility index (Phi) is 10.8. The van der Waals surface area contributed by atoms with Crippen LogP contribution >= 0.6 is 34.7 Å². The van der Waals surface area contributed by atoms with Gasteiger partial charge in [0.25, 0.3) is 10.0 Å². The van der Waals surface area contributed by atoms with Crippen molar-refractivity contribution < 1.29 is 31.9 Å². The predicted molar refractivity (Wildman–Crippen MR) is 149 cm³/mol. The first kappa shape index (κ1) is 31.2. The van der Waals surface area contributed by atoms with Crippen LogP contribution in [-0.4, -0.2) is 49.8 Å². The maximum Gasteiger partial charge on any atom is 0.420 e. The number of thioether (sulfide) groups is 1. The van der Waals surface area contributed by atoms with Crippen LogP contribution in [0.1, 0.15) is 12.8 Å². The van der Waals surface area contributed by atoms with Gasteiger partial charge in [-0.15, -0.1) is 11.8 Å². The van der Waals surface area contributed by atoms with Gasteiger partial charge >= 0.3 is 16.9 Å². The molecule has 40 heavy (non-hydrogen) atoms. The fraction of sp³-hybridized carbons (Fsp3) is 0.304. The van der Waals surface area contributed by atoms with Crippen LogP contribution in [0.15, 0.2) is 56.0 Å². The quantitative estimate of drug-likeness (QED) is 0.236. The Morgan fingerprint density at radius 1 is 1.15 bits per heavy atom. The van der Waals surface area contributed by atoms with E-state index in [4.69, 9.17) is 17.3 Å². The van der Waals surface area contributed by atoms with Gasteiger partial charge in [-0.1, -0.05) is 11.6 Å². The van der Waals surface area contributed by atoms with E-state index in [0.717, 1.165) is 49.1 Å². The van der Waals surface area contributed by atoms with Crippen LogP contribution < -0.4 is 20.1 Å². The number of benzene rings is 2. The van der Waals surface area contributed by atoms with Crippen LogP contribution in [0.25, 0.3) is 0 Å². The number of nitrogens with two attached hydrogens (primary N) is 1. The number of nitrogens with one attached hydrogen (secondary N) is 1. The van der Waals surface area contributed by atoms with Crippen molar-refractivity contribution in [2.45, 2.75) is 35.7 Å². The molecule has 12 nitrogen and oxygen atoms in total. The third-order valence-corrected chi connectivity index (χ3v) is 8.93. The van der Waals surface area contributed by atoms with Gasteiger partial charge < -0.3 is 15.2 Å². The Labute approximate surface area is 241 Å². The molecule has 3 N–H and O–H groups in total. The molecule has 0 saturated carbocycles. The van der Waals surface area contributed by atoms with Crippen LogP contribution in [0, 0.1) is 5.82 Å². The van der Waals surface area contributed by atoms with E-state index in [1.165, 1.54) is 37.4 Å². The van der Waals surface area contributed by atoms with E-state index >= 15 is 0 Å². The molecular formula is C23H25ClFN5O7S3. The first-order chi connectivity index (χ1) is 18.9. The molecule has 1 amide bonds. The largest absolute Gasteiger partial charge is 0.468 e. The second-order valence-corrected chi connectivity index (χ2v) is 12.0. The number of hydrogen-bond donors (Lipinski definition) is 2. The molecule has 3 aromatic rings. The minimum atomic E-state index is -3.87. The first-order valence-corrected chi connectivity index (χ1v) is 15.1. The second kappa shape index (κ2) is 13.8. The Morgan fingerprint density at radius 3 is 2.42 bits per heavy atom. The number of hydrogen-bond acceptors (Lipinski definition) is 11. The van der Waals surface area contributed by atoms with Gasteiger partial charge in [0.1, 0.15) is 11.5 Å². The van der Waals surface area contributed by atoms with E-state index < -0.39 is 27.9 Å². The molecule has 1 aromatic heterocycles. The van der Waals surface area contributed by atoms with Gasteiger partial charge in [0, 0.05) is 23.7 Å². The number of nitrogens with zero attached hydrogens (tertiary/aromatic N) is 3. The van der Waals surface area contributed by atoms with Gasteiger partial charge in [0.05, 0.1) is 29.9 Å². The highest BCUT2D eigenvalue weighted by Gasteiger charge is 2.17. The number of nitrogen functional groups attached to an aromatic ring is 1. The summed E-state index contributed by atoms with van der Waals surface area (Å²) in [5, 5.41) is 0.199. The molecule has 0 saturated heterocycles. The molecule has 0 unspecified atom stereocenters. The Morgan fingerprint density at radius 2 is 1.80 bits per heavy atom. The Bertz CT molecular complexity index is 1620. The summed E-state index contributed by atoms with van der Waals surface area (Å²) in [5.74, 6) is -0.923. The molecule has 1 aliphatic heterocycles. The normalized spacial score (nSPS) is 13.1. The van der Waals surface area contributed by atoms with Crippen molar-refractivity contribution in [2.75, 3.05) is 25.7 Å². The zero-order valence-electron chi connectivity index (χ0n) is 21.3. The van der Waals surface area contributed by atoms with E-state index in [-0.39, 0.29) is 26.2 Å². The number of methoxy groups -OCH3 is 2. The van der Waals surface area contributed by atoms with Gasteiger partial charge in [0.2, 0.25) is 4.80 Å². The summed E-state index contributed by atoms with van der Waals surface area (Å²) < 4.78 is 51.1. The summed E-state index contributed by atoms with van der Waals surface area (Å²) in [6.45, 7) is 1.32. The SMILES string of the molecule is COC(=O)CSc1cc(/N=c2\sc(=O)n3n2CCCC3)c(F)cc1Cl.COC(=O)NS(=O)(=O)c1ccc(N)cc1. The Hall–Kier alpha value is -3.34. The van der Waals surface area contributed by atoms with Crippen LogP contribution in [0.5, 0.6) is 0 Å². The number of aromatic nitrogens is 2. The van der Waals surface area contributed by atoms with Gasteiger partial charge in [0.15, 0.2) is 0 Å². The van der Waals surface area contributed by atoms with Crippen molar-refractivity contribution in [1.82, 2.24) is 14.1 Å². The third kappa shape index (κ3) is 8.09. The van der Waals surface area contributed by atoms with E-state index in [0.29, 0.717) is 28.5 Å². The molecule has 0 bridgehead atoms. The summed E-state index contributed by atoms with van der Waals surface area (Å²) in [6.07, 6.45) is 0.860. The number of sulfonamides is 1. The van der Waals surface area contributed by atoms with Crippen molar-refractivity contribution in [3.05, 3.63) is 61.7 Å². The summed E-state index contributed by atoms with van der Waals surface area (Å²) in [5.41, 5.74) is 5.91. The summed E-state index contributed by atoms with van der Waals surface area (Å²) in [6, 6.07) is 8.07. The van der Waals surface area contributed by atoms with Gasteiger partial charge in [-0.2, -0.15) is 0 Å². The summed E-state index contributed by atoms with van der Waals surface area (Å²) >= 11 is 8.17. The van der Waals surface area contributed by atoms with E-state index in [1.54, 1.807) is 14.1 Å². The van der Waals surface area contributed by atoms with Crippen molar-refractivity contribution in [3.63, 3.8) is 0 Å². The molecule has 216 valence electrons. The van der Waals surface area contributed by atoms with Crippen LogP contribution in [0.3, 0.4) is 0 Å². The number of esters is 1. The number of fused-ring (bicyclic) bond motifs is 1. The molecule has 2 heterocycles. The number of halogens is 2. The van der Waals surface area contributed by atoms with Crippen LogP contribution in [0.2, 0.25) is 5.02 Å². The average Bonchev–Trinajstić information content (AvgIpc) is 3.24. The standard InChI is InChI=1S/C15H15ClFN3O3S2.C8H10N2O4S/c1-23-13(21)8-24-12-7-11(10(17)6-9(12)16)18-14-19-4-2-3-5-20(19)15(22)25-14;1-14-8(11)10-15(12,13)7-4-2-6(9)3-5-7/h6-7H,2-5,8H2,1H3;2-5H,9H2,1H3,(H,10,11)/b18-14-;. The lowest BCUT2D eigenvalue weighted by atomic mass is 10.3. The number of rotatable bonds is 6. The molecular weight excluding hydrogens is 609 g/mol. The van der Waals surface area contributed by atoms with Crippen molar-refractivity contribution in [3.8, 4) is 0 Å². The second-order valence-electron chi connectivity index (χ2n) is 7.98. The monoisotopic (exact) mass is 633 g/mol. The fourth-order valence-corrected chi connectivity index (χ4v) is 6.19. The molecule has 2 aromatic carbocycles. The lowest BCUT2D eigenvalue weighted by Crippen LogP contribution is -2.31. The lowest BCUT2D eigenvalue weighted by Gasteiger charge is -2.15. The number of carbonyl (C=O) groups is 2. The maximum atomic E-state index is 14.3. The minimum Gasteiger partial charge on any atom is -0.468 e. The molecule has 17 heteroatoms. The van der Waals surface area contributed by atoms with Gasteiger partial charge in [-0.05, 0) is 60.6 Å². The van der Waals surface area contributed by atoms with Gasteiger partial charge in [-0.25, -0.2) is 32.0 Å². The highest BCUT2D eigenvalue weighted by molar-refractivity contribution is 8.00. The molecule has 0 aliphatic carbocycles. The smallest absolute Gasteiger partial charge is 0.420 e. The molecule has 4 rings (SSSR count). The molecule has 0 atom stereocenters. The van der Waals surface area contributed by atoms with Crippen LogP contribution in [-0.2, 0) is 37.4 Å². The average molecular weight is 634 g/mol. The molecule has 0 radical (unpaired) electrons. The topological polar surface area (TPSA) is 164 Å². The summed E-state index contributed by atoms with van der Waals surface area (Å²) in [4.78, 5) is 39.2. The third-order valence-electron chi connectivity index (χ3n) is 5.28. The van der Waals surface area contributed by atoms with Crippen molar-refractivity contribution in [2.24, 2.45) is 4.99 Å². The summed E-state index contributed by atoms with van der Waals surface area (Å²) in [7, 11) is -1.49. The van der Waals surface area contributed by atoms with E-state index in [1.807, 2.05) is 0 Å². The lowest BCUT2D eigenvalue weighted by molar-refractivity contribution is -0.137. The number of carbonyl (C=O) groups excluding carboxylic acids is 2. The number of anilines is 1. The van der Waals surface area contributed by atoms with Crippen LogP contribution in [0.4, 0.5) is 20.6 Å². The molecule has 0 spiro atoms. The first-order valence-electron chi connectivity index (χ1n) is 11.5. The predicted octanol–water partition coefficient (Wildman–Crippen LogP) is 3.11. The van der Waals surface area contributed by atoms with Crippen molar-refractivity contribution in [1.29, 1.82) is 0 Å². The number of ether oxygens (including phenoxy) is 2. The zero-order chi connectivity index (χ0) is 29.4. The highest BCUT2D eigenvalue weighted by atomic mass is 35.5. The molecule has 0 fully saturated rings. The fourth-order valence-electron chi connectivity index (χ4n) is 3.29. The highest BCUT2D eigenvalue weighted by Crippen LogP contribution is 2.33. The number of amides is 1.